The molecule has 0 radical (unpaired) electrons. The van der Waals surface area contributed by atoms with Crippen molar-refractivity contribution in [1.82, 2.24) is 4.98 Å². The van der Waals surface area contributed by atoms with Crippen LogP contribution in [-0.2, 0) is 0 Å². The van der Waals surface area contributed by atoms with Crippen molar-refractivity contribution in [3.05, 3.63) is 109 Å². The molecule has 0 saturated heterocycles. The number of carbonyl (C=O) groups is 1. The number of H-pyrrole nitrogens is 1. The Morgan fingerprint density at radius 2 is 1.69 bits per heavy atom. The van der Waals surface area contributed by atoms with Gasteiger partial charge in [-0.25, -0.2) is 0 Å². The van der Waals surface area contributed by atoms with Gasteiger partial charge < -0.3 is 14.6 Å². The highest BCUT2D eigenvalue weighted by atomic mass is 35.5. The molecule has 0 fully saturated rings. The lowest BCUT2D eigenvalue weighted by Gasteiger charge is -2.19. The van der Waals surface area contributed by atoms with Gasteiger partial charge in [0.25, 0.3) is 5.91 Å². The fraction of sp³-hybridized carbons (Fsp3) is 0.206. The highest BCUT2D eigenvalue weighted by molar-refractivity contribution is 6.19. The monoisotopic (exact) mass is 538 g/mol. The average Bonchev–Trinajstić information content (AvgIpc) is 3.60. The summed E-state index contributed by atoms with van der Waals surface area (Å²) in [5, 5.41) is 3.28. The second kappa shape index (κ2) is 12.2. The largest absolute Gasteiger partial charge is 0.497 e. The third-order valence-corrected chi connectivity index (χ3v) is 7.39. The second-order valence-corrected chi connectivity index (χ2v) is 9.48. The van der Waals surface area contributed by atoms with Crippen molar-refractivity contribution in [2.24, 2.45) is 0 Å². The second-order valence-electron chi connectivity index (χ2n) is 9.17. The van der Waals surface area contributed by atoms with Crippen LogP contribution in [0.4, 0.5) is 5.69 Å². The molecule has 0 bridgehead atoms. The summed E-state index contributed by atoms with van der Waals surface area (Å²) in [7, 11) is 1.64. The van der Waals surface area contributed by atoms with Crippen LogP contribution in [-0.4, -0.2) is 30.4 Å². The number of anilines is 1. The van der Waals surface area contributed by atoms with Crippen LogP contribution in [0.5, 0.6) is 5.75 Å². The predicted octanol–water partition coefficient (Wildman–Crippen LogP) is 9.12. The van der Waals surface area contributed by atoms with Crippen LogP contribution in [0.2, 0.25) is 0 Å². The molecule has 200 valence electrons. The Bertz CT molecular complexity index is 1600. The molecule has 0 aliphatic carbocycles. The fourth-order valence-corrected chi connectivity index (χ4v) is 5.49. The molecule has 0 saturated carbocycles. The van der Waals surface area contributed by atoms with Crippen LogP contribution >= 0.6 is 11.6 Å². The number of hydrogen-bond acceptors (Lipinski definition) is 2. The van der Waals surface area contributed by atoms with E-state index in [1.165, 1.54) is 10.9 Å². The number of hydrogen-bond donors (Lipinski definition) is 1. The zero-order valence-corrected chi connectivity index (χ0v) is 23.8. The van der Waals surface area contributed by atoms with E-state index in [-0.39, 0.29) is 11.8 Å². The van der Waals surface area contributed by atoms with Gasteiger partial charge in [0, 0.05) is 34.9 Å². The van der Waals surface area contributed by atoms with Gasteiger partial charge in [-0.2, -0.15) is 0 Å². The van der Waals surface area contributed by atoms with E-state index in [4.69, 9.17) is 16.3 Å². The number of aromatic nitrogens is 1. The molecule has 1 aliphatic heterocycles. The van der Waals surface area contributed by atoms with Crippen LogP contribution in [0.3, 0.4) is 0 Å². The Balaban J connectivity index is 0.000000845. The number of benzene rings is 4. The van der Waals surface area contributed by atoms with E-state index in [9.17, 15) is 4.79 Å². The Morgan fingerprint density at radius 1 is 1.00 bits per heavy atom. The van der Waals surface area contributed by atoms with Crippen LogP contribution in [0.1, 0.15) is 41.4 Å². The maximum atomic E-state index is 13.8. The topological polar surface area (TPSA) is 45.3 Å². The number of fused-ring (bicyclic) bond motifs is 4. The molecule has 39 heavy (non-hydrogen) atoms. The van der Waals surface area contributed by atoms with Crippen molar-refractivity contribution in [3.63, 3.8) is 0 Å². The lowest BCUT2D eigenvalue weighted by atomic mass is 9.90. The van der Waals surface area contributed by atoms with Gasteiger partial charge in [0.2, 0.25) is 0 Å². The summed E-state index contributed by atoms with van der Waals surface area (Å²) in [5.41, 5.74) is 7.01. The average molecular weight is 539 g/mol. The number of halogens is 1. The van der Waals surface area contributed by atoms with Gasteiger partial charge in [-0.1, -0.05) is 67.9 Å². The number of rotatable bonds is 4. The van der Waals surface area contributed by atoms with Gasteiger partial charge in [0.15, 0.2) is 0 Å². The minimum atomic E-state index is -0.0563. The number of methoxy groups -OCH3 is 1. The zero-order valence-electron chi connectivity index (χ0n) is 23.1. The molecular weight excluding hydrogens is 504 g/mol. The first-order chi connectivity index (χ1) is 19.1. The molecule has 5 heteroatoms. The molecule has 4 aromatic carbocycles. The highest BCUT2D eigenvalue weighted by Gasteiger charge is 2.35. The van der Waals surface area contributed by atoms with Gasteiger partial charge in [-0.15, -0.1) is 24.8 Å². The number of aryl methyl sites for hydroxylation is 1. The lowest BCUT2D eigenvalue weighted by Crippen LogP contribution is -2.30. The van der Waals surface area contributed by atoms with Gasteiger partial charge in [-0.3, -0.25) is 4.79 Å². The van der Waals surface area contributed by atoms with Crippen molar-refractivity contribution in [2.45, 2.75) is 26.7 Å². The number of nitrogens with one attached hydrogen (secondary N) is 1. The fourth-order valence-electron chi connectivity index (χ4n) is 5.23. The molecule has 5 aromatic rings. The normalized spacial score (nSPS) is 13.8. The van der Waals surface area contributed by atoms with Gasteiger partial charge in [0.05, 0.1) is 7.11 Å². The van der Waals surface area contributed by atoms with Gasteiger partial charge in [0.1, 0.15) is 11.4 Å². The summed E-state index contributed by atoms with van der Waals surface area (Å²) in [5.74, 6) is 1.23. The van der Waals surface area contributed by atoms with Crippen molar-refractivity contribution < 1.29 is 9.53 Å². The van der Waals surface area contributed by atoms with E-state index in [1.807, 2.05) is 43.0 Å². The molecule has 2 heterocycles. The molecule has 1 unspecified atom stereocenters. The third kappa shape index (κ3) is 5.17. The first-order valence-corrected chi connectivity index (χ1v) is 13.8. The van der Waals surface area contributed by atoms with Crippen molar-refractivity contribution >= 4 is 44.9 Å². The molecule has 4 nitrogen and oxygen atoms in total. The third-order valence-electron chi connectivity index (χ3n) is 7.02. The number of alkyl halides is 1. The van der Waals surface area contributed by atoms with Crippen LogP contribution in [0, 0.1) is 6.92 Å². The van der Waals surface area contributed by atoms with Crippen molar-refractivity contribution in [2.75, 3.05) is 24.4 Å². The Hall–Kier alpha value is -4.02. The quantitative estimate of drug-likeness (QED) is 0.183. The number of nitrogens with zero attached hydrogens (tertiary/aromatic N) is 1. The maximum Gasteiger partial charge on any atom is 0.274 e. The van der Waals surface area contributed by atoms with Crippen molar-refractivity contribution in [1.29, 1.82) is 0 Å². The summed E-state index contributed by atoms with van der Waals surface area (Å²) in [6.45, 7) is 12.6. The Kier molecular flexibility index (Phi) is 8.78. The predicted molar refractivity (Wildman–Crippen MR) is 167 cm³/mol. The van der Waals surface area contributed by atoms with Gasteiger partial charge in [-0.05, 0) is 64.7 Å². The summed E-state index contributed by atoms with van der Waals surface area (Å²) in [6, 6.07) is 26.8. The minimum Gasteiger partial charge on any atom is -0.497 e. The van der Waals surface area contributed by atoms with E-state index in [1.54, 1.807) is 7.11 Å². The summed E-state index contributed by atoms with van der Waals surface area (Å²) in [4.78, 5) is 19.0. The van der Waals surface area contributed by atoms with E-state index >= 15 is 0 Å². The SMILES string of the molecule is C=C.CC.COc1ccc2[nH]c(C(=O)N3CC(CCl)c4c3cc(-c3ccc(C)cc3)c3ccccc43)cc2c1. The molecule has 1 N–H and O–H groups in total. The number of ether oxygens (including phenoxy) is 1. The van der Waals surface area contributed by atoms with Gasteiger partial charge >= 0.3 is 0 Å². The molecule has 1 atom stereocenters. The highest BCUT2D eigenvalue weighted by Crippen LogP contribution is 2.46. The zero-order chi connectivity index (χ0) is 28.1. The van der Waals surface area contributed by atoms with Crippen molar-refractivity contribution in [3.8, 4) is 16.9 Å². The Labute approximate surface area is 235 Å². The molecule has 1 aliphatic rings. The molecule has 1 aromatic heterocycles. The minimum absolute atomic E-state index is 0.0563. The molecule has 0 spiro atoms. The maximum absolute atomic E-state index is 13.8. The first kappa shape index (κ1) is 28.0. The smallest absolute Gasteiger partial charge is 0.274 e. The molecular formula is C34H35ClN2O2. The summed E-state index contributed by atoms with van der Waals surface area (Å²) >= 11 is 6.46. The van der Waals surface area contributed by atoms with E-state index in [0.717, 1.165) is 44.4 Å². The summed E-state index contributed by atoms with van der Waals surface area (Å²) in [6.07, 6.45) is 0. The molecule has 1 amide bonds. The number of amides is 1. The lowest BCUT2D eigenvalue weighted by molar-refractivity contribution is 0.0984. The number of carbonyl (C=O) groups excluding carboxylic acids is 1. The van der Waals surface area contributed by atoms with E-state index < -0.39 is 0 Å². The first-order valence-electron chi connectivity index (χ1n) is 13.2. The van der Waals surface area contributed by atoms with E-state index in [0.29, 0.717) is 18.1 Å². The summed E-state index contributed by atoms with van der Waals surface area (Å²) < 4.78 is 5.35. The van der Waals surface area contributed by atoms with Crippen LogP contribution < -0.4 is 9.64 Å². The van der Waals surface area contributed by atoms with Crippen LogP contribution in [0.25, 0.3) is 32.8 Å². The molecule has 6 rings (SSSR count). The van der Waals surface area contributed by atoms with Crippen LogP contribution in [0.15, 0.2) is 92.0 Å². The van der Waals surface area contributed by atoms with E-state index in [2.05, 4.69) is 79.7 Å². The number of aromatic amines is 1. The Morgan fingerprint density at radius 3 is 2.36 bits per heavy atom. The standard InChI is InChI=1S/C30H25ClN2O2.C2H6.C2H4/c1-18-7-9-19(10-8-18)25-15-28-29(24-6-4-3-5-23(24)25)21(16-31)17-33(28)30(34)27-14-20-13-22(35-2)11-12-26(20)32-27;2*1-2/h3-15,21,32H,16-17H2,1-2H3;1-2H3;1-2H2.